The van der Waals surface area contributed by atoms with Crippen molar-refractivity contribution in [2.75, 3.05) is 13.2 Å². The number of ether oxygens (including phenoxy) is 5. The molecule has 1 rings (SSSR count). The van der Waals surface area contributed by atoms with Gasteiger partial charge < -0.3 is 40.1 Å². The predicted molar refractivity (Wildman–Crippen MR) is 116 cm³/mol. The Morgan fingerprint density at radius 1 is 0.943 bits per heavy atom. The summed E-state index contributed by atoms with van der Waals surface area (Å²) in [7, 11) is 0. The maximum absolute atomic E-state index is 12.6. The van der Waals surface area contributed by atoms with E-state index in [1.807, 2.05) is 0 Å². The number of amides is 2. The standard InChI is InChI=1S/C21H31N3O11/c1-6-7-31-21(30)14(22)8-16(29)24-20-17(23-10(2)25)19(34-13(5)28)18(33-12(4)27)15(35-20)9-32-11(3)26/h6,14-15,17-20H,1,7-9,22H2,2-5H3,(H,23,25)(H,24,29)/t14-,15+,17+,18+,19+,20+/m0/s1. The highest BCUT2D eigenvalue weighted by molar-refractivity contribution is 5.85. The first-order valence-corrected chi connectivity index (χ1v) is 10.6. The van der Waals surface area contributed by atoms with Gasteiger partial charge in [-0.25, -0.2) is 0 Å². The van der Waals surface area contributed by atoms with Crippen molar-refractivity contribution in [2.24, 2.45) is 5.73 Å². The van der Waals surface area contributed by atoms with E-state index in [1.165, 1.54) is 13.0 Å². The zero-order valence-electron chi connectivity index (χ0n) is 19.9. The third-order valence-electron chi connectivity index (χ3n) is 4.47. The lowest BCUT2D eigenvalue weighted by Crippen LogP contribution is -2.69. The molecule has 0 aromatic heterocycles. The van der Waals surface area contributed by atoms with Crippen LogP contribution in [0, 0.1) is 0 Å². The topological polar surface area (TPSA) is 199 Å². The highest BCUT2D eigenvalue weighted by Crippen LogP contribution is 2.26. The van der Waals surface area contributed by atoms with Crippen molar-refractivity contribution in [3.63, 3.8) is 0 Å². The van der Waals surface area contributed by atoms with Gasteiger partial charge in [0, 0.05) is 27.7 Å². The normalized spacial score (nSPS) is 24.2. The summed E-state index contributed by atoms with van der Waals surface area (Å²) in [5.41, 5.74) is 5.69. The number of rotatable bonds is 11. The highest BCUT2D eigenvalue weighted by Gasteiger charge is 2.51. The monoisotopic (exact) mass is 501 g/mol. The molecule has 35 heavy (non-hydrogen) atoms. The van der Waals surface area contributed by atoms with Crippen LogP contribution in [0.2, 0.25) is 0 Å². The first kappa shape index (κ1) is 29.5. The molecule has 14 nitrogen and oxygen atoms in total. The Morgan fingerprint density at radius 2 is 1.54 bits per heavy atom. The van der Waals surface area contributed by atoms with E-state index in [-0.39, 0.29) is 6.61 Å². The third-order valence-corrected chi connectivity index (χ3v) is 4.47. The molecule has 14 heteroatoms. The molecule has 0 bridgehead atoms. The van der Waals surface area contributed by atoms with Gasteiger partial charge in [-0.05, 0) is 0 Å². The number of esters is 4. The van der Waals surface area contributed by atoms with Crippen LogP contribution in [0.25, 0.3) is 0 Å². The summed E-state index contributed by atoms with van der Waals surface area (Å²) in [4.78, 5) is 71.2. The van der Waals surface area contributed by atoms with Gasteiger partial charge in [0.05, 0.1) is 6.42 Å². The Balaban J connectivity index is 3.23. The van der Waals surface area contributed by atoms with Gasteiger partial charge in [0.25, 0.3) is 0 Å². The van der Waals surface area contributed by atoms with Crippen molar-refractivity contribution >= 4 is 35.7 Å². The molecule has 1 fully saturated rings. The van der Waals surface area contributed by atoms with Gasteiger partial charge in [-0.1, -0.05) is 12.7 Å². The summed E-state index contributed by atoms with van der Waals surface area (Å²) in [5.74, 6) is -4.42. The maximum atomic E-state index is 12.6. The van der Waals surface area contributed by atoms with Gasteiger partial charge in [0.15, 0.2) is 18.4 Å². The number of hydrogen-bond donors (Lipinski definition) is 3. The molecule has 2 amide bonds. The van der Waals surface area contributed by atoms with Crippen molar-refractivity contribution < 1.29 is 52.5 Å². The van der Waals surface area contributed by atoms with Crippen LogP contribution in [0.15, 0.2) is 12.7 Å². The summed E-state index contributed by atoms with van der Waals surface area (Å²) >= 11 is 0. The lowest BCUT2D eigenvalue weighted by molar-refractivity contribution is -0.228. The van der Waals surface area contributed by atoms with Crippen LogP contribution in [-0.4, -0.2) is 85.5 Å². The van der Waals surface area contributed by atoms with Gasteiger partial charge in [0.1, 0.15) is 31.4 Å². The quantitative estimate of drug-likeness (QED) is 0.163. The van der Waals surface area contributed by atoms with Crippen molar-refractivity contribution in [3.8, 4) is 0 Å². The van der Waals surface area contributed by atoms with Crippen LogP contribution in [0.1, 0.15) is 34.1 Å². The molecule has 0 aromatic rings. The molecule has 0 radical (unpaired) electrons. The summed E-state index contributed by atoms with van der Waals surface area (Å²) in [5, 5.41) is 4.95. The number of carbonyl (C=O) groups is 6. The average molecular weight is 501 g/mol. The van der Waals surface area contributed by atoms with Crippen LogP contribution < -0.4 is 16.4 Å². The van der Waals surface area contributed by atoms with Gasteiger partial charge in [-0.3, -0.25) is 28.8 Å². The van der Waals surface area contributed by atoms with E-state index >= 15 is 0 Å². The second-order valence-electron chi connectivity index (χ2n) is 7.57. The van der Waals surface area contributed by atoms with Crippen molar-refractivity contribution in [1.82, 2.24) is 10.6 Å². The Morgan fingerprint density at radius 3 is 2.06 bits per heavy atom. The summed E-state index contributed by atoms with van der Waals surface area (Å²) in [6.07, 6.45) is -4.39. The molecular formula is C21H31N3O11. The van der Waals surface area contributed by atoms with E-state index in [0.29, 0.717) is 0 Å². The molecule has 6 atom stereocenters. The minimum absolute atomic E-state index is 0.0933. The Labute approximate surface area is 201 Å². The van der Waals surface area contributed by atoms with Gasteiger partial charge in [0.2, 0.25) is 11.8 Å². The summed E-state index contributed by atoms with van der Waals surface area (Å²) in [6.45, 7) is 7.37. The lowest BCUT2D eigenvalue weighted by atomic mass is 9.95. The molecule has 1 aliphatic heterocycles. The molecule has 0 aliphatic carbocycles. The van der Waals surface area contributed by atoms with E-state index in [2.05, 4.69) is 17.2 Å². The van der Waals surface area contributed by atoms with Gasteiger partial charge in [-0.2, -0.15) is 0 Å². The van der Waals surface area contributed by atoms with Crippen LogP contribution in [0.4, 0.5) is 0 Å². The molecule has 0 unspecified atom stereocenters. The smallest absolute Gasteiger partial charge is 0.323 e. The maximum Gasteiger partial charge on any atom is 0.323 e. The predicted octanol–water partition coefficient (Wildman–Crippen LogP) is -1.79. The van der Waals surface area contributed by atoms with Gasteiger partial charge >= 0.3 is 23.9 Å². The van der Waals surface area contributed by atoms with Crippen molar-refractivity contribution in [1.29, 1.82) is 0 Å². The van der Waals surface area contributed by atoms with Gasteiger partial charge in [-0.15, -0.1) is 0 Å². The molecule has 0 aromatic carbocycles. The Hall–Kier alpha value is -3.52. The Bertz CT molecular complexity index is 831. The third kappa shape index (κ3) is 10.1. The molecule has 1 saturated heterocycles. The molecular weight excluding hydrogens is 470 g/mol. The zero-order chi connectivity index (χ0) is 26.7. The minimum Gasteiger partial charge on any atom is -0.463 e. The van der Waals surface area contributed by atoms with E-state index in [1.54, 1.807) is 0 Å². The molecule has 0 spiro atoms. The highest BCUT2D eigenvalue weighted by atomic mass is 16.6. The van der Waals surface area contributed by atoms with E-state index < -0.39 is 85.3 Å². The molecule has 1 aliphatic rings. The first-order chi connectivity index (χ1) is 16.3. The Kier molecular flexibility index (Phi) is 11.8. The largest absolute Gasteiger partial charge is 0.463 e. The lowest BCUT2D eigenvalue weighted by Gasteiger charge is -2.45. The number of nitrogens with two attached hydrogens (primary N) is 1. The molecule has 4 N–H and O–H groups in total. The summed E-state index contributed by atoms with van der Waals surface area (Å²) < 4.78 is 26.1. The van der Waals surface area contributed by atoms with Crippen molar-refractivity contribution in [2.45, 2.75) is 70.7 Å². The fourth-order valence-corrected chi connectivity index (χ4v) is 3.20. The molecule has 196 valence electrons. The van der Waals surface area contributed by atoms with Crippen LogP contribution in [0.5, 0.6) is 0 Å². The average Bonchev–Trinajstić information content (AvgIpc) is 2.73. The van der Waals surface area contributed by atoms with Crippen LogP contribution >= 0.6 is 0 Å². The number of hydrogen-bond acceptors (Lipinski definition) is 12. The van der Waals surface area contributed by atoms with Crippen LogP contribution in [0.3, 0.4) is 0 Å². The van der Waals surface area contributed by atoms with Crippen molar-refractivity contribution in [3.05, 3.63) is 12.7 Å². The summed E-state index contributed by atoms with van der Waals surface area (Å²) in [6, 6.07) is -2.55. The second kappa shape index (κ2) is 14.0. The number of carbonyl (C=O) groups excluding carboxylic acids is 6. The molecule has 0 saturated carbocycles. The van der Waals surface area contributed by atoms with E-state index in [4.69, 9.17) is 29.4 Å². The fraction of sp³-hybridized carbons (Fsp3) is 0.619. The number of nitrogens with one attached hydrogen (secondary N) is 2. The zero-order valence-corrected chi connectivity index (χ0v) is 19.9. The second-order valence-corrected chi connectivity index (χ2v) is 7.57. The van der Waals surface area contributed by atoms with E-state index in [0.717, 1.165) is 20.8 Å². The first-order valence-electron chi connectivity index (χ1n) is 10.6. The van der Waals surface area contributed by atoms with Crippen LogP contribution in [-0.2, 0) is 52.5 Å². The van der Waals surface area contributed by atoms with E-state index in [9.17, 15) is 28.8 Å². The fourth-order valence-electron chi connectivity index (χ4n) is 3.20. The minimum atomic E-state index is -1.36. The molecule has 1 heterocycles. The SMILES string of the molecule is C=CCOC(=O)[C@@H](N)CC(=O)N[C@@H]1O[C@H](COC(C)=O)[C@@H](OC(C)=O)[C@H](OC(C)=O)[C@H]1NC(C)=O.